The molecule has 0 saturated carbocycles. The second kappa shape index (κ2) is 78.2. The number of unbranched alkanes of at least 4 members (excludes halogenated alkanes) is 48. The molecule has 0 rings (SSSR count). The molecule has 0 spiro atoms. The minimum atomic E-state index is -4.98. The number of rotatable bonds is 82. The summed E-state index contributed by atoms with van der Waals surface area (Å²) in [6.45, 7) is 4.91. The van der Waals surface area contributed by atoms with Crippen molar-refractivity contribution in [3.63, 3.8) is 0 Å². The molecule has 610 valence electrons. The molecule has 0 aliphatic carbocycles. The van der Waals surface area contributed by atoms with Gasteiger partial charge in [-0.05, 0) is 64.2 Å². The van der Waals surface area contributed by atoms with Gasteiger partial charge in [-0.1, -0.05) is 372 Å². The van der Waals surface area contributed by atoms with Gasteiger partial charge in [0.15, 0.2) is 12.2 Å². The quantitative estimate of drug-likeness (QED) is 0.0169. The molecule has 19 heteroatoms. The Morgan fingerprint density at radius 2 is 0.481 bits per heavy atom. The molecule has 0 radical (unpaired) electrons. The van der Waals surface area contributed by atoms with Gasteiger partial charge in [-0.2, -0.15) is 0 Å². The van der Waals surface area contributed by atoms with Gasteiger partial charge >= 0.3 is 39.5 Å². The summed E-state index contributed by atoms with van der Waals surface area (Å²) in [5.41, 5.74) is 0. The zero-order valence-electron chi connectivity index (χ0n) is 67.0. The average molecular weight is 1510 g/mol. The first-order valence-electron chi connectivity index (χ1n) is 42.9. The molecule has 104 heavy (non-hydrogen) atoms. The van der Waals surface area contributed by atoms with E-state index in [1.165, 1.54) is 231 Å². The monoisotopic (exact) mass is 1510 g/mol. The molecule has 0 fully saturated rings. The van der Waals surface area contributed by atoms with Crippen molar-refractivity contribution in [2.45, 2.75) is 431 Å². The fraction of sp³-hybridized carbons (Fsp3) is 0.859. The maximum atomic E-state index is 13.1. The van der Waals surface area contributed by atoms with E-state index in [4.69, 9.17) is 37.0 Å². The first-order valence-corrected chi connectivity index (χ1v) is 45.9. The van der Waals surface area contributed by atoms with Crippen molar-refractivity contribution >= 4 is 39.5 Å². The van der Waals surface area contributed by atoms with Crippen LogP contribution in [-0.2, 0) is 65.4 Å². The number of aliphatic hydroxyl groups excluding tert-OH is 1. The first-order chi connectivity index (χ1) is 50.7. The van der Waals surface area contributed by atoms with E-state index in [2.05, 4.69) is 64.2 Å². The second-order valence-corrected chi connectivity index (χ2v) is 32.1. The van der Waals surface area contributed by atoms with Crippen molar-refractivity contribution in [2.24, 2.45) is 0 Å². The van der Waals surface area contributed by atoms with Crippen LogP contribution in [0.2, 0.25) is 0 Å². The van der Waals surface area contributed by atoms with Gasteiger partial charge in [-0.15, -0.1) is 0 Å². The molecule has 0 aliphatic heterocycles. The Balaban J connectivity index is 5.33. The second-order valence-electron chi connectivity index (χ2n) is 29.2. The lowest BCUT2D eigenvalue weighted by atomic mass is 10.0. The lowest BCUT2D eigenvalue weighted by molar-refractivity contribution is -0.161. The van der Waals surface area contributed by atoms with E-state index in [1.807, 2.05) is 12.2 Å². The Kier molecular flexibility index (Phi) is 75.9. The summed E-state index contributed by atoms with van der Waals surface area (Å²) >= 11 is 0. The van der Waals surface area contributed by atoms with Crippen molar-refractivity contribution in [2.75, 3.05) is 39.6 Å². The first kappa shape index (κ1) is 101. The number of ether oxygens (including phenoxy) is 4. The van der Waals surface area contributed by atoms with Crippen LogP contribution in [0.5, 0.6) is 0 Å². The molecule has 0 aromatic rings. The molecule has 17 nitrogen and oxygen atoms in total. The SMILES string of the molecule is CCCCC/C=C\C/C=C\C/C=C\C/C=C\CCCC(=O)OC[C@H](COP(=O)(O)OC[C@H](O)COP(=O)(O)OC[C@@H](COC(=O)CCCCCCCCCCCCCCCCCCC)OC(=O)CCCCCCCCCCCCCCCCCCC)OC(=O)CCCCCCCCCCCCCCC. The Labute approximate surface area is 636 Å². The van der Waals surface area contributed by atoms with E-state index in [0.717, 1.165) is 96.3 Å². The van der Waals surface area contributed by atoms with E-state index in [-0.39, 0.29) is 25.7 Å². The predicted molar refractivity (Wildman–Crippen MR) is 427 cm³/mol. The molecule has 0 aromatic carbocycles. The van der Waals surface area contributed by atoms with Gasteiger partial charge in [0.25, 0.3) is 0 Å². The lowest BCUT2D eigenvalue weighted by Crippen LogP contribution is -2.30. The topological polar surface area (TPSA) is 237 Å². The van der Waals surface area contributed by atoms with Crippen molar-refractivity contribution in [3.8, 4) is 0 Å². The molecular weight excluding hydrogens is 1350 g/mol. The molecule has 0 amide bonds. The van der Waals surface area contributed by atoms with Gasteiger partial charge in [0.2, 0.25) is 0 Å². The van der Waals surface area contributed by atoms with Crippen LogP contribution in [0.3, 0.4) is 0 Å². The minimum absolute atomic E-state index is 0.0910. The smallest absolute Gasteiger partial charge is 0.462 e. The third kappa shape index (κ3) is 77.2. The van der Waals surface area contributed by atoms with Crippen LogP contribution in [0.25, 0.3) is 0 Å². The zero-order chi connectivity index (χ0) is 76.0. The zero-order valence-corrected chi connectivity index (χ0v) is 68.8. The molecule has 3 N–H and O–H groups in total. The van der Waals surface area contributed by atoms with Gasteiger partial charge < -0.3 is 33.8 Å². The number of esters is 4. The molecule has 0 heterocycles. The maximum Gasteiger partial charge on any atom is 0.472 e. The highest BCUT2D eigenvalue weighted by Gasteiger charge is 2.30. The Morgan fingerprint density at radius 3 is 0.760 bits per heavy atom. The summed E-state index contributed by atoms with van der Waals surface area (Å²) in [4.78, 5) is 73.1. The number of phosphoric acid groups is 2. The summed E-state index contributed by atoms with van der Waals surface area (Å²) in [7, 11) is -9.95. The molecule has 5 atom stereocenters. The average Bonchev–Trinajstić information content (AvgIpc) is 0.910. The standard InChI is InChI=1S/C85H158O17P2/c1-5-9-13-17-21-25-29-33-36-39-42-46-49-53-57-61-65-69-82(87)95-75-80(101-84(89)71-67-63-59-55-51-45-32-28-24-20-16-12-8-4)77-99-103(91,92)97-73-79(86)74-98-104(93,94)100-78-81(102-85(90)72-68-64-60-56-52-48-44-41-38-35-31-27-23-19-15-11-7-3)76-96-83(88)70-66-62-58-54-50-47-43-40-37-34-30-26-22-18-14-10-6-2/h21,25,33,36,42,46,53,57,79-81,86H,5-20,22-24,26-32,34-35,37-41,43-45,47-52,54-56,58-78H2,1-4H3,(H,91,92)(H,93,94)/b25-21-,36-33-,46-42-,57-53-/t79-,80+,81+/m0/s1. The highest BCUT2D eigenvalue weighted by Crippen LogP contribution is 2.45. The van der Waals surface area contributed by atoms with Crippen LogP contribution in [-0.4, -0.2) is 96.7 Å². The number of allylic oxidation sites excluding steroid dienone is 8. The third-order valence-electron chi connectivity index (χ3n) is 18.8. The highest BCUT2D eigenvalue weighted by atomic mass is 31.2. The number of aliphatic hydroxyl groups is 1. The van der Waals surface area contributed by atoms with Crippen molar-refractivity contribution in [3.05, 3.63) is 48.6 Å². The van der Waals surface area contributed by atoms with Gasteiger partial charge in [0.05, 0.1) is 26.4 Å². The number of hydrogen-bond acceptors (Lipinski definition) is 15. The van der Waals surface area contributed by atoms with E-state index in [0.29, 0.717) is 32.1 Å². The van der Waals surface area contributed by atoms with E-state index >= 15 is 0 Å². The molecule has 0 aliphatic rings. The number of hydrogen-bond donors (Lipinski definition) is 3. The fourth-order valence-electron chi connectivity index (χ4n) is 12.3. The van der Waals surface area contributed by atoms with Crippen LogP contribution >= 0.6 is 15.6 Å². The molecule has 0 aromatic heterocycles. The van der Waals surface area contributed by atoms with Crippen molar-refractivity contribution in [1.29, 1.82) is 0 Å². The van der Waals surface area contributed by atoms with Crippen LogP contribution < -0.4 is 0 Å². The van der Waals surface area contributed by atoms with Gasteiger partial charge in [-0.3, -0.25) is 37.3 Å². The summed E-state index contributed by atoms with van der Waals surface area (Å²) in [6.07, 6.45) is 77.9. The number of carbonyl (C=O) groups is 4. The molecule has 0 saturated heterocycles. The van der Waals surface area contributed by atoms with Crippen LogP contribution in [0.15, 0.2) is 48.6 Å². The molecule has 2 unspecified atom stereocenters. The van der Waals surface area contributed by atoms with Gasteiger partial charge in [0.1, 0.15) is 19.3 Å². The van der Waals surface area contributed by atoms with Crippen molar-refractivity contribution in [1.82, 2.24) is 0 Å². The summed E-state index contributed by atoms with van der Waals surface area (Å²) < 4.78 is 68.8. The van der Waals surface area contributed by atoms with Crippen LogP contribution in [0.1, 0.15) is 413 Å². The number of carbonyl (C=O) groups excluding carboxylic acids is 4. The summed E-state index contributed by atoms with van der Waals surface area (Å²) in [5.74, 6) is -2.19. The Hall–Kier alpha value is -2.98. The van der Waals surface area contributed by atoms with Gasteiger partial charge in [-0.25, -0.2) is 9.13 Å². The van der Waals surface area contributed by atoms with Crippen LogP contribution in [0.4, 0.5) is 0 Å². The van der Waals surface area contributed by atoms with E-state index in [1.54, 1.807) is 0 Å². The molecule has 0 bridgehead atoms. The normalized spacial score (nSPS) is 14.0. The van der Waals surface area contributed by atoms with Gasteiger partial charge in [0, 0.05) is 25.7 Å². The Bertz CT molecular complexity index is 2150. The number of phosphoric ester groups is 2. The van der Waals surface area contributed by atoms with E-state index in [9.17, 15) is 43.2 Å². The van der Waals surface area contributed by atoms with Crippen LogP contribution in [0, 0.1) is 0 Å². The minimum Gasteiger partial charge on any atom is -0.462 e. The maximum absolute atomic E-state index is 13.1. The summed E-state index contributed by atoms with van der Waals surface area (Å²) in [5, 5.41) is 10.7. The molecular formula is C85H158O17P2. The lowest BCUT2D eigenvalue weighted by Gasteiger charge is -2.21. The summed E-state index contributed by atoms with van der Waals surface area (Å²) in [6, 6.07) is 0. The Morgan fingerprint density at radius 1 is 0.269 bits per heavy atom. The third-order valence-corrected chi connectivity index (χ3v) is 20.7. The largest absolute Gasteiger partial charge is 0.472 e. The van der Waals surface area contributed by atoms with Crippen molar-refractivity contribution < 1.29 is 80.2 Å². The highest BCUT2D eigenvalue weighted by molar-refractivity contribution is 7.47. The van der Waals surface area contributed by atoms with E-state index < -0.39 is 97.5 Å². The fourth-order valence-corrected chi connectivity index (χ4v) is 13.9. The predicted octanol–water partition coefficient (Wildman–Crippen LogP) is 25.2.